The number of rotatable bonds is 4. The highest BCUT2D eigenvalue weighted by atomic mass is 16.3. The van der Waals surface area contributed by atoms with E-state index in [0.717, 1.165) is 33.7 Å². The highest BCUT2D eigenvalue weighted by Gasteiger charge is 2.19. The van der Waals surface area contributed by atoms with Crippen LogP contribution in [0.3, 0.4) is 0 Å². The van der Waals surface area contributed by atoms with E-state index in [2.05, 4.69) is 29.4 Å². The maximum atomic E-state index is 10.3. The first-order chi connectivity index (χ1) is 11.2. The minimum absolute atomic E-state index is 0.308. The molecule has 24 heavy (non-hydrogen) atoms. The van der Waals surface area contributed by atoms with E-state index in [9.17, 15) is 5.11 Å². The molecular weight excluding hydrogens is 302 g/mol. The molecule has 0 amide bonds. The number of hydrogen-bond acceptors (Lipinski definition) is 4. The van der Waals surface area contributed by atoms with Gasteiger partial charge in [0.15, 0.2) is 5.82 Å². The summed E-state index contributed by atoms with van der Waals surface area (Å²) in [5, 5.41) is 23.7. The zero-order valence-corrected chi connectivity index (χ0v) is 15.1. The van der Waals surface area contributed by atoms with E-state index in [0.29, 0.717) is 6.04 Å². The van der Waals surface area contributed by atoms with Crippen molar-refractivity contribution in [3.63, 3.8) is 0 Å². The van der Waals surface area contributed by atoms with E-state index >= 15 is 0 Å². The Balaban J connectivity index is 2.06. The van der Waals surface area contributed by atoms with Crippen LogP contribution in [0.15, 0.2) is 24.4 Å². The zero-order valence-electron chi connectivity index (χ0n) is 15.1. The van der Waals surface area contributed by atoms with Crippen LogP contribution in [0.5, 0.6) is 0 Å². The molecule has 2 aromatic heterocycles. The fourth-order valence-electron chi connectivity index (χ4n) is 2.93. The maximum Gasteiger partial charge on any atom is 0.160 e. The van der Waals surface area contributed by atoms with Gasteiger partial charge in [0.05, 0.1) is 28.7 Å². The Bertz CT molecular complexity index is 883. The number of anilines is 2. The molecule has 2 N–H and O–H groups in total. The Hall–Kier alpha value is -2.34. The van der Waals surface area contributed by atoms with Gasteiger partial charge in [-0.15, -0.1) is 0 Å². The molecule has 0 radical (unpaired) electrons. The number of aryl methyl sites for hydroxylation is 1. The van der Waals surface area contributed by atoms with Crippen molar-refractivity contribution >= 4 is 22.4 Å². The minimum Gasteiger partial charge on any atom is -0.386 e. The third-order valence-electron chi connectivity index (χ3n) is 4.34. The normalized spacial score (nSPS) is 12.3. The van der Waals surface area contributed by atoms with Gasteiger partial charge >= 0.3 is 0 Å². The summed E-state index contributed by atoms with van der Waals surface area (Å²) in [4.78, 5) is 0. The number of aromatic nitrogens is 4. The number of nitrogens with zero attached hydrogens (tertiary/aromatic N) is 4. The molecular formula is C18H25N5O. The average Bonchev–Trinajstić information content (AvgIpc) is 3.00. The molecule has 6 nitrogen and oxygen atoms in total. The van der Waals surface area contributed by atoms with E-state index in [4.69, 9.17) is 0 Å². The van der Waals surface area contributed by atoms with Gasteiger partial charge in [-0.3, -0.25) is 9.36 Å². The fourth-order valence-corrected chi connectivity index (χ4v) is 2.93. The first kappa shape index (κ1) is 16.5. The van der Waals surface area contributed by atoms with E-state index < -0.39 is 5.60 Å². The van der Waals surface area contributed by atoms with Crippen molar-refractivity contribution in [3.8, 4) is 0 Å². The molecule has 2 heterocycles. The standard InChI is InChI=1S/C18H25N5O/c1-11(2)23-12(3)15(10-19-23)20-17-14-9-13(18(4,5)24)7-8-16(14)22(6)21-17/h7-11,24H,1-6H3,(H,20,21). The molecule has 0 aliphatic carbocycles. The smallest absolute Gasteiger partial charge is 0.160 e. The second-order valence-electron chi connectivity index (χ2n) is 7.07. The van der Waals surface area contributed by atoms with E-state index in [1.54, 1.807) is 13.8 Å². The molecule has 0 spiro atoms. The fraction of sp³-hybridized carbons (Fsp3) is 0.444. The van der Waals surface area contributed by atoms with Gasteiger partial charge in [-0.05, 0) is 52.3 Å². The Morgan fingerprint density at radius 2 is 1.96 bits per heavy atom. The van der Waals surface area contributed by atoms with Crippen LogP contribution in [-0.4, -0.2) is 24.7 Å². The molecule has 0 saturated heterocycles. The zero-order chi connectivity index (χ0) is 17.6. The molecule has 6 heteroatoms. The summed E-state index contributed by atoms with van der Waals surface area (Å²) < 4.78 is 3.82. The largest absolute Gasteiger partial charge is 0.386 e. The van der Waals surface area contributed by atoms with E-state index in [1.165, 1.54) is 0 Å². The third-order valence-corrected chi connectivity index (χ3v) is 4.34. The molecule has 0 atom stereocenters. The van der Waals surface area contributed by atoms with Crippen molar-refractivity contribution in [2.75, 3.05) is 5.32 Å². The first-order valence-corrected chi connectivity index (χ1v) is 8.19. The van der Waals surface area contributed by atoms with Crippen LogP contribution in [-0.2, 0) is 12.6 Å². The van der Waals surface area contributed by atoms with Crippen LogP contribution in [0.2, 0.25) is 0 Å². The van der Waals surface area contributed by atoms with Gasteiger partial charge in [-0.2, -0.15) is 10.2 Å². The number of hydrogen-bond donors (Lipinski definition) is 2. The summed E-state index contributed by atoms with van der Waals surface area (Å²) >= 11 is 0. The van der Waals surface area contributed by atoms with Crippen LogP contribution in [0, 0.1) is 6.92 Å². The van der Waals surface area contributed by atoms with Gasteiger partial charge < -0.3 is 10.4 Å². The number of fused-ring (bicyclic) bond motifs is 1. The van der Waals surface area contributed by atoms with Gasteiger partial charge in [0.1, 0.15) is 0 Å². The molecule has 1 aromatic carbocycles. The van der Waals surface area contributed by atoms with Crippen LogP contribution in [0.25, 0.3) is 10.9 Å². The van der Waals surface area contributed by atoms with Crippen molar-refractivity contribution in [2.45, 2.75) is 46.3 Å². The van der Waals surface area contributed by atoms with Gasteiger partial charge in [-0.1, -0.05) is 6.07 Å². The Kier molecular flexibility index (Phi) is 3.87. The predicted octanol–water partition coefficient (Wildman–Crippen LogP) is 3.63. The Morgan fingerprint density at radius 1 is 1.25 bits per heavy atom. The summed E-state index contributed by atoms with van der Waals surface area (Å²) in [6.07, 6.45) is 1.83. The second kappa shape index (κ2) is 5.63. The van der Waals surface area contributed by atoms with Crippen LogP contribution < -0.4 is 5.32 Å². The van der Waals surface area contributed by atoms with Crippen molar-refractivity contribution in [1.29, 1.82) is 0 Å². The molecule has 128 valence electrons. The molecule has 0 saturated carbocycles. The lowest BCUT2D eigenvalue weighted by Gasteiger charge is -2.17. The van der Waals surface area contributed by atoms with Crippen LogP contribution in [0.4, 0.5) is 11.5 Å². The van der Waals surface area contributed by atoms with Gasteiger partial charge in [0, 0.05) is 18.5 Å². The number of aliphatic hydroxyl groups is 1. The third kappa shape index (κ3) is 2.78. The highest BCUT2D eigenvalue weighted by molar-refractivity contribution is 5.92. The summed E-state index contributed by atoms with van der Waals surface area (Å²) in [6, 6.07) is 6.23. The van der Waals surface area contributed by atoms with Gasteiger partial charge in [0.25, 0.3) is 0 Å². The molecule has 0 unspecified atom stereocenters. The molecule has 3 aromatic rings. The van der Waals surface area contributed by atoms with E-state index in [1.807, 2.05) is 47.7 Å². The SMILES string of the molecule is Cc1c(Nc2nn(C)c3ccc(C(C)(C)O)cc23)cnn1C(C)C. The minimum atomic E-state index is -0.889. The molecule has 0 bridgehead atoms. The van der Waals surface area contributed by atoms with Crippen LogP contribution >= 0.6 is 0 Å². The van der Waals surface area contributed by atoms with Gasteiger partial charge in [-0.25, -0.2) is 0 Å². The quantitative estimate of drug-likeness (QED) is 0.768. The topological polar surface area (TPSA) is 67.9 Å². The summed E-state index contributed by atoms with van der Waals surface area (Å²) in [5.74, 6) is 0.769. The van der Waals surface area contributed by atoms with Crippen molar-refractivity contribution in [3.05, 3.63) is 35.7 Å². The van der Waals surface area contributed by atoms with Crippen molar-refractivity contribution < 1.29 is 5.11 Å². The lowest BCUT2D eigenvalue weighted by Crippen LogP contribution is -2.15. The summed E-state index contributed by atoms with van der Waals surface area (Å²) in [5.41, 5.74) is 3.00. The average molecular weight is 327 g/mol. The predicted molar refractivity (Wildman–Crippen MR) is 96.6 cm³/mol. The van der Waals surface area contributed by atoms with Crippen molar-refractivity contribution in [2.24, 2.45) is 7.05 Å². The highest BCUT2D eigenvalue weighted by Crippen LogP contribution is 2.31. The maximum absolute atomic E-state index is 10.3. The molecule has 3 rings (SSSR count). The van der Waals surface area contributed by atoms with E-state index in [-0.39, 0.29) is 0 Å². The Labute approximate surface area is 142 Å². The molecule has 0 aliphatic heterocycles. The lowest BCUT2D eigenvalue weighted by atomic mass is 9.97. The molecule has 0 aliphatic rings. The summed E-state index contributed by atoms with van der Waals surface area (Å²) in [7, 11) is 1.92. The molecule has 0 fully saturated rings. The summed E-state index contributed by atoms with van der Waals surface area (Å²) in [6.45, 7) is 9.83. The van der Waals surface area contributed by atoms with Crippen molar-refractivity contribution in [1.82, 2.24) is 19.6 Å². The lowest BCUT2D eigenvalue weighted by molar-refractivity contribution is 0.0787. The first-order valence-electron chi connectivity index (χ1n) is 8.19. The number of benzene rings is 1. The number of nitrogens with one attached hydrogen (secondary N) is 1. The monoisotopic (exact) mass is 327 g/mol. The Morgan fingerprint density at radius 3 is 2.54 bits per heavy atom. The van der Waals surface area contributed by atoms with Crippen LogP contribution in [0.1, 0.15) is 45.0 Å². The van der Waals surface area contributed by atoms with Gasteiger partial charge in [0.2, 0.25) is 0 Å². The second-order valence-corrected chi connectivity index (χ2v) is 7.07.